The highest BCUT2D eigenvalue weighted by molar-refractivity contribution is 6.32. The van der Waals surface area contributed by atoms with Gasteiger partial charge in [0.2, 0.25) is 11.8 Å². The van der Waals surface area contributed by atoms with Crippen molar-refractivity contribution in [3.63, 3.8) is 0 Å². The van der Waals surface area contributed by atoms with E-state index in [2.05, 4.69) is 66.6 Å². The van der Waals surface area contributed by atoms with E-state index in [1.54, 1.807) is 0 Å². The van der Waals surface area contributed by atoms with Gasteiger partial charge in [-0.2, -0.15) is 5.26 Å². The molecule has 5 saturated heterocycles. The highest BCUT2D eigenvalue weighted by atomic mass is 35.5. The fourth-order valence-corrected chi connectivity index (χ4v) is 9.79. The lowest BCUT2D eigenvalue weighted by Crippen LogP contribution is -2.49. The summed E-state index contributed by atoms with van der Waals surface area (Å²) in [7, 11) is 0. The van der Waals surface area contributed by atoms with E-state index in [-0.39, 0.29) is 23.8 Å². The minimum absolute atomic E-state index is 0.139. The van der Waals surface area contributed by atoms with Gasteiger partial charge in [-0.15, -0.1) is 0 Å². The monoisotopic (exact) mass is 776 g/mol. The summed E-state index contributed by atoms with van der Waals surface area (Å²) in [6.07, 6.45) is 6.37. The van der Waals surface area contributed by atoms with Crippen molar-refractivity contribution in [3.05, 3.63) is 82.4 Å². The van der Waals surface area contributed by atoms with Crippen LogP contribution in [0.15, 0.2) is 60.7 Å². The van der Waals surface area contributed by atoms with E-state index in [1.165, 1.54) is 12.1 Å². The van der Waals surface area contributed by atoms with Gasteiger partial charge in [0.15, 0.2) is 0 Å². The van der Waals surface area contributed by atoms with Crippen molar-refractivity contribution >= 4 is 52.1 Å². The number of piperidine rings is 3. The molecule has 0 aromatic heterocycles. The molecule has 5 fully saturated rings. The van der Waals surface area contributed by atoms with Crippen LogP contribution in [0.3, 0.4) is 0 Å². The van der Waals surface area contributed by atoms with E-state index < -0.39 is 0 Å². The molecule has 294 valence electrons. The first-order valence-corrected chi connectivity index (χ1v) is 20.8. The molecule has 1 atom stereocenters. The molecule has 12 heteroatoms. The van der Waals surface area contributed by atoms with Crippen molar-refractivity contribution < 1.29 is 14.4 Å². The molecule has 56 heavy (non-hydrogen) atoms. The van der Waals surface area contributed by atoms with E-state index in [9.17, 15) is 19.6 Å². The minimum atomic E-state index is -0.389. The molecule has 8 rings (SSSR count). The quantitative estimate of drug-likeness (QED) is 0.270. The SMILES string of the molecule is Cc1c(N2CCC3(CCN(c4ccc(C(=O)N5CCC(CN6CCN(c7cccc(NC8CCC(=O)NC8=O)c7)CC6)CC5)cc4)CC3)C2)ccc(C#N)c1Cl. The van der Waals surface area contributed by atoms with Crippen LogP contribution in [0.5, 0.6) is 0 Å². The molecular weight excluding hydrogens is 724 g/mol. The zero-order chi connectivity index (χ0) is 38.8. The molecule has 0 saturated carbocycles. The Morgan fingerprint density at radius 3 is 2.25 bits per heavy atom. The van der Waals surface area contributed by atoms with Crippen LogP contribution < -0.4 is 25.3 Å². The largest absolute Gasteiger partial charge is 0.374 e. The first kappa shape index (κ1) is 38.1. The minimum Gasteiger partial charge on any atom is -0.374 e. The van der Waals surface area contributed by atoms with Gasteiger partial charge < -0.3 is 24.9 Å². The molecule has 0 aliphatic carbocycles. The number of nitrogens with one attached hydrogen (secondary N) is 2. The number of rotatable bonds is 8. The number of hydrogen-bond donors (Lipinski definition) is 2. The molecule has 3 aromatic carbocycles. The second-order valence-corrected chi connectivity index (χ2v) is 17.0. The molecular formula is C44H53ClN8O3. The maximum atomic E-state index is 13.5. The number of benzene rings is 3. The maximum absolute atomic E-state index is 13.5. The van der Waals surface area contributed by atoms with Crippen LogP contribution in [0, 0.1) is 29.6 Å². The van der Waals surface area contributed by atoms with Crippen molar-refractivity contribution in [2.45, 2.75) is 57.9 Å². The lowest BCUT2D eigenvalue weighted by atomic mass is 9.77. The molecule has 1 unspecified atom stereocenters. The third-order valence-electron chi connectivity index (χ3n) is 13.1. The Bertz CT molecular complexity index is 1970. The van der Waals surface area contributed by atoms with Crippen LogP contribution in [0.1, 0.15) is 66.4 Å². The van der Waals surface area contributed by atoms with Gasteiger partial charge in [0.05, 0.1) is 10.6 Å². The number of nitrogens with zero attached hydrogens (tertiary/aromatic N) is 6. The lowest BCUT2D eigenvalue weighted by Gasteiger charge is -2.40. The van der Waals surface area contributed by atoms with Crippen LogP contribution in [0.4, 0.5) is 22.7 Å². The number of carbonyl (C=O) groups excluding carboxylic acids is 3. The topological polar surface area (TPSA) is 115 Å². The highest BCUT2D eigenvalue weighted by Crippen LogP contribution is 2.44. The summed E-state index contributed by atoms with van der Waals surface area (Å²) >= 11 is 6.50. The van der Waals surface area contributed by atoms with Crippen LogP contribution in [0.25, 0.3) is 0 Å². The maximum Gasteiger partial charge on any atom is 0.253 e. The Morgan fingerprint density at radius 1 is 0.857 bits per heavy atom. The third kappa shape index (κ3) is 8.19. The van der Waals surface area contributed by atoms with E-state index in [0.717, 1.165) is 126 Å². The fraction of sp³-hybridized carbons (Fsp3) is 0.500. The average Bonchev–Trinajstić information content (AvgIpc) is 3.63. The van der Waals surface area contributed by atoms with E-state index in [4.69, 9.17) is 11.6 Å². The fourth-order valence-electron chi connectivity index (χ4n) is 9.59. The second kappa shape index (κ2) is 16.4. The first-order chi connectivity index (χ1) is 27.2. The van der Waals surface area contributed by atoms with Gasteiger partial charge in [-0.3, -0.25) is 24.6 Å². The first-order valence-electron chi connectivity index (χ1n) is 20.4. The molecule has 5 aliphatic heterocycles. The summed E-state index contributed by atoms with van der Waals surface area (Å²) in [5.74, 6) is 0.270. The number of piperazine rings is 1. The standard InChI is InChI=1S/C44H53ClN8O3/c1-31-39(11-7-34(28-46)41(31)45)53-22-17-44(30-53)15-20-50(21-16-44)36-8-5-33(6-9-36)43(56)52-18-13-32(14-19-52)29-49-23-25-51(26-24-49)37-4-2-3-35(27-37)47-38-10-12-40(54)48-42(38)55/h2-9,11,27,32,38,47H,10,12-26,29-30H2,1H3,(H,48,54,55). The molecule has 0 bridgehead atoms. The number of carbonyl (C=O) groups is 3. The number of anilines is 4. The zero-order valence-corrected chi connectivity index (χ0v) is 33.2. The smallest absolute Gasteiger partial charge is 0.253 e. The van der Waals surface area contributed by atoms with Gasteiger partial charge >= 0.3 is 0 Å². The number of hydrogen-bond acceptors (Lipinski definition) is 9. The number of nitriles is 1. The van der Waals surface area contributed by atoms with Crippen molar-refractivity contribution in [1.82, 2.24) is 15.1 Å². The molecule has 11 nitrogen and oxygen atoms in total. The third-order valence-corrected chi connectivity index (χ3v) is 13.6. The Balaban J connectivity index is 0.760. The molecule has 5 aliphatic rings. The summed E-state index contributed by atoms with van der Waals surface area (Å²) in [4.78, 5) is 49.2. The Kier molecular flexibility index (Phi) is 11.1. The van der Waals surface area contributed by atoms with E-state index in [0.29, 0.717) is 34.8 Å². The van der Waals surface area contributed by atoms with Gasteiger partial charge in [-0.1, -0.05) is 17.7 Å². The molecule has 0 radical (unpaired) electrons. The van der Waals surface area contributed by atoms with Gasteiger partial charge in [0.1, 0.15) is 12.1 Å². The van der Waals surface area contributed by atoms with Crippen molar-refractivity contribution in [3.8, 4) is 6.07 Å². The number of likely N-dealkylation sites (tertiary alicyclic amines) is 1. The summed E-state index contributed by atoms with van der Waals surface area (Å²) in [6.45, 7) is 12.6. The summed E-state index contributed by atoms with van der Waals surface area (Å²) in [5.41, 5.74) is 6.98. The normalized spacial score (nSPS) is 22.0. The van der Waals surface area contributed by atoms with E-state index >= 15 is 0 Å². The highest BCUT2D eigenvalue weighted by Gasteiger charge is 2.41. The molecule has 3 aromatic rings. The molecule has 2 N–H and O–H groups in total. The number of halogens is 1. The van der Waals surface area contributed by atoms with Crippen LogP contribution in [-0.4, -0.2) is 106 Å². The summed E-state index contributed by atoms with van der Waals surface area (Å²) in [5, 5.41) is 15.7. The molecule has 5 heterocycles. The van der Waals surface area contributed by atoms with Crippen molar-refractivity contribution in [2.75, 3.05) is 92.0 Å². The average molecular weight is 777 g/mol. The van der Waals surface area contributed by atoms with Crippen LogP contribution >= 0.6 is 11.6 Å². The predicted molar refractivity (Wildman–Crippen MR) is 222 cm³/mol. The Morgan fingerprint density at radius 2 is 1.55 bits per heavy atom. The molecule has 3 amide bonds. The van der Waals surface area contributed by atoms with Gasteiger partial charge in [-0.25, -0.2) is 0 Å². The van der Waals surface area contributed by atoms with Crippen molar-refractivity contribution in [2.24, 2.45) is 11.3 Å². The van der Waals surface area contributed by atoms with Crippen LogP contribution in [0.2, 0.25) is 5.02 Å². The Hall–Kier alpha value is -4.79. The summed E-state index contributed by atoms with van der Waals surface area (Å²) in [6, 6.07) is 22.2. The van der Waals surface area contributed by atoms with Gasteiger partial charge in [-0.05, 0) is 117 Å². The predicted octanol–water partition coefficient (Wildman–Crippen LogP) is 5.91. The number of imide groups is 1. The second-order valence-electron chi connectivity index (χ2n) is 16.6. The number of amides is 3. The van der Waals surface area contributed by atoms with Crippen molar-refractivity contribution in [1.29, 1.82) is 5.26 Å². The van der Waals surface area contributed by atoms with E-state index in [1.807, 2.05) is 42.2 Å². The molecule has 1 spiro atoms. The summed E-state index contributed by atoms with van der Waals surface area (Å²) < 4.78 is 0. The van der Waals surface area contributed by atoms with Gasteiger partial charge in [0, 0.05) is 107 Å². The van der Waals surface area contributed by atoms with Crippen LogP contribution in [-0.2, 0) is 9.59 Å². The zero-order valence-electron chi connectivity index (χ0n) is 32.4. The van der Waals surface area contributed by atoms with Gasteiger partial charge in [0.25, 0.3) is 5.91 Å². The Labute approximate surface area is 335 Å². The lowest BCUT2D eigenvalue weighted by molar-refractivity contribution is -0.133.